The van der Waals surface area contributed by atoms with E-state index in [1.807, 2.05) is 24.3 Å². The zero-order valence-electron chi connectivity index (χ0n) is 17.6. The quantitative estimate of drug-likeness (QED) is 0.637. The van der Waals surface area contributed by atoms with E-state index in [1.54, 1.807) is 35.0 Å². The Balaban J connectivity index is 1.78. The molecule has 2 aromatic carbocycles. The Bertz CT molecular complexity index is 1070. The van der Waals surface area contributed by atoms with Gasteiger partial charge >= 0.3 is 5.97 Å². The Hall–Kier alpha value is -3.55. The van der Waals surface area contributed by atoms with E-state index < -0.39 is 11.5 Å². The van der Waals surface area contributed by atoms with Crippen molar-refractivity contribution in [3.63, 3.8) is 0 Å². The number of nitrogens with one attached hydrogen (secondary N) is 1. The van der Waals surface area contributed by atoms with Gasteiger partial charge in [-0.3, -0.25) is 4.79 Å². The second-order valence-corrected chi connectivity index (χ2v) is 8.01. The van der Waals surface area contributed by atoms with Crippen LogP contribution in [0.25, 0.3) is 5.69 Å². The molecule has 0 atom stereocenters. The van der Waals surface area contributed by atoms with E-state index in [2.05, 4.69) is 27.8 Å². The van der Waals surface area contributed by atoms with Crippen LogP contribution in [0.1, 0.15) is 59.1 Å². The molecule has 1 aliphatic carbocycles. The lowest BCUT2D eigenvalue weighted by molar-refractivity contribution is 0.0599. The van der Waals surface area contributed by atoms with Crippen LogP contribution in [0, 0.1) is 5.92 Å². The van der Waals surface area contributed by atoms with Crippen LogP contribution in [0.4, 0.5) is 0 Å². The first-order valence-electron chi connectivity index (χ1n) is 10.4. The number of ether oxygens (including phenoxy) is 1. The van der Waals surface area contributed by atoms with Crippen LogP contribution < -0.4 is 5.32 Å². The van der Waals surface area contributed by atoms with E-state index in [4.69, 9.17) is 4.74 Å². The fourth-order valence-electron chi connectivity index (χ4n) is 4.13. The van der Waals surface area contributed by atoms with Crippen molar-refractivity contribution in [2.75, 3.05) is 7.11 Å². The van der Waals surface area contributed by atoms with E-state index in [-0.39, 0.29) is 5.91 Å². The molecule has 4 rings (SSSR count). The molecule has 1 N–H and O–H groups in total. The summed E-state index contributed by atoms with van der Waals surface area (Å²) in [5.41, 5.74) is 0.703. The number of rotatable bonds is 5. The van der Waals surface area contributed by atoms with Crippen molar-refractivity contribution in [3.05, 3.63) is 71.5 Å². The minimum Gasteiger partial charge on any atom is -0.465 e. The first-order chi connectivity index (χ1) is 15.0. The van der Waals surface area contributed by atoms with Gasteiger partial charge in [-0.05, 0) is 66.3 Å². The highest BCUT2D eigenvalue weighted by molar-refractivity contribution is 5.95. The molecule has 0 aliphatic heterocycles. The minimum atomic E-state index is -0.744. The predicted molar refractivity (Wildman–Crippen MR) is 114 cm³/mol. The second-order valence-electron chi connectivity index (χ2n) is 8.01. The molecule has 160 valence electrons. The Kier molecular flexibility index (Phi) is 5.79. The van der Waals surface area contributed by atoms with Gasteiger partial charge in [0.2, 0.25) is 0 Å². The molecule has 1 aliphatic rings. The molecular weight excluding hydrogens is 394 g/mol. The van der Waals surface area contributed by atoms with Gasteiger partial charge < -0.3 is 10.1 Å². The summed E-state index contributed by atoms with van der Waals surface area (Å²) < 4.78 is 6.48. The van der Waals surface area contributed by atoms with Crippen LogP contribution in [0.2, 0.25) is 0 Å². The zero-order chi connectivity index (χ0) is 21.8. The van der Waals surface area contributed by atoms with Crippen LogP contribution in [-0.4, -0.2) is 39.2 Å². The van der Waals surface area contributed by atoms with Gasteiger partial charge in [0.25, 0.3) is 5.91 Å². The molecule has 1 amide bonds. The van der Waals surface area contributed by atoms with Crippen molar-refractivity contribution in [2.45, 2.75) is 38.1 Å². The third kappa shape index (κ3) is 4.05. The maximum atomic E-state index is 13.1. The van der Waals surface area contributed by atoms with Gasteiger partial charge in [-0.1, -0.05) is 37.3 Å². The lowest BCUT2D eigenvalue weighted by atomic mass is 9.76. The summed E-state index contributed by atoms with van der Waals surface area (Å²) in [6, 6.07) is 16.1. The number of hydrogen-bond acceptors (Lipinski definition) is 6. The maximum Gasteiger partial charge on any atom is 0.340 e. The number of para-hydroxylation sites is 1. The van der Waals surface area contributed by atoms with E-state index in [0.717, 1.165) is 12.8 Å². The molecule has 0 unspecified atom stereocenters. The molecule has 0 saturated heterocycles. The third-order valence-electron chi connectivity index (χ3n) is 5.95. The molecule has 0 spiro atoms. The molecular formula is C23H25N5O3. The molecule has 1 fully saturated rings. The van der Waals surface area contributed by atoms with Gasteiger partial charge in [-0.2, -0.15) is 4.68 Å². The van der Waals surface area contributed by atoms with Gasteiger partial charge in [0, 0.05) is 5.56 Å². The fraction of sp³-hybridized carbons (Fsp3) is 0.348. The molecule has 1 heterocycles. The van der Waals surface area contributed by atoms with Crippen molar-refractivity contribution in [1.29, 1.82) is 0 Å². The molecule has 1 aromatic heterocycles. The fourth-order valence-corrected chi connectivity index (χ4v) is 4.13. The molecule has 8 heteroatoms. The molecule has 0 bridgehead atoms. The average Bonchev–Trinajstić information content (AvgIpc) is 3.31. The van der Waals surface area contributed by atoms with E-state index >= 15 is 0 Å². The minimum absolute atomic E-state index is 0.175. The number of tetrazole rings is 1. The summed E-state index contributed by atoms with van der Waals surface area (Å²) in [6.45, 7) is 2.21. The average molecular weight is 419 g/mol. The monoisotopic (exact) mass is 419 g/mol. The Morgan fingerprint density at radius 2 is 1.74 bits per heavy atom. The van der Waals surface area contributed by atoms with E-state index in [0.29, 0.717) is 41.4 Å². The van der Waals surface area contributed by atoms with Crippen LogP contribution in [0.3, 0.4) is 0 Å². The summed E-state index contributed by atoms with van der Waals surface area (Å²) in [6.07, 6.45) is 3.27. The number of nitrogens with zero attached hydrogens (tertiary/aromatic N) is 4. The maximum absolute atomic E-state index is 13.1. The Morgan fingerprint density at radius 1 is 1.06 bits per heavy atom. The number of methoxy groups -OCH3 is 1. The number of carbonyl (C=O) groups excluding carboxylic acids is 2. The van der Waals surface area contributed by atoms with Crippen molar-refractivity contribution >= 4 is 11.9 Å². The molecule has 8 nitrogen and oxygen atoms in total. The zero-order valence-corrected chi connectivity index (χ0v) is 17.6. The number of hydrogen-bond donors (Lipinski definition) is 1. The highest BCUT2D eigenvalue weighted by atomic mass is 16.5. The normalized spacial score (nSPS) is 20.8. The predicted octanol–water partition coefficient (Wildman–Crippen LogP) is 3.28. The van der Waals surface area contributed by atoms with Gasteiger partial charge in [0.15, 0.2) is 5.82 Å². The first-order valence-corrected chi connectivity index (χ1v) is 10.4. The SMILES string of the molecule is COC(=O)c1ccccc1-n1nnnc1C1(NC(=O)c2ccccc2)CCC(C)CC1. The van der Waals surface area contributed by atoms with Crippen molar-refractivity contribution in [3.8, 4) is 5.69 Å². The Morgan fingerprint density at radius 3 is 2.45 bits per heavy atom. The molecule has 1 saturated carbocycles. The topological polar surface area (TPSA) is 99.0 Å². The van der Waals surface area contributed by atoms with Gasteiger partial charge in [0.05, 0.1) is 18.4 Å². The number of aromatic nitrogens is 4. The lowest BCUT2D eigenvalue weighted by Gasteiger charge is -2.39. The van der Waals surface area contributed by atoms with Crippen LogP contribution in [-0.2, 0) is 10.3 Å². The van der Waals surface area contributed by atoms with Crippen molar-refractivity contribution in [2.24, 2.45) is 5.92 Å². The molecule has 31 heavy (non-hydrogen) atoms. The Labute approximate surface area is 180 Å². The van der Waals surface area contributed by atoms with Crippen molar-refractivity contribution < 1.29 is 14.3 Å². The van der Waals surface area contributed by atoms with Gasteiger partial charge in [0.1, 0.15) is 5.54 Å². The van der Waals surface area contributed by atoms with Crippen molar-refractivity contribution in [1.82, 2.24) is 25.5 Å². The smallest absolute Gasteiger partial charge is 0.340 e. The van der Waals surface area contributed by atoms with Crippen LogP contribution >= 0.6 is 0 Å². The number of esters is 1. The summed E-state index contributed by atoms with van der Waals surface area (Å²) in [4.78, 5) is 25.4. The second kappa shape index (κ2) is 8.67. The van der Waals surface area contributed by atoms with Crippen LogP contribution in [0.5, 0.6) is 0 Å². The van der Waals surface area contributed by atoms with Gasteiger partial charge in [-0.15, -0.1) is 5.10 Å². The van der Waals surface area contributed by atoms with Gasteiger partial charge in [-0.25, -0.2) is 4.79 Å². The third-order valence-corrected chi connectivity index (χ3v) is 5.95. The van der Waals surface area contributed by atoms with Crippen LogP contribution in [0.15, 0.2) is 54.6 Å². The number of amides is 1. The highest BCUT2D eigenvalue weighted by Gasteiger charge is 2.42. The standard InChI is InChI=1S/C23H25N5O3/c1-16-12-14-23(15-13-16,24-20(29)17-8-4-3-5-9-17)22-25-26-27-28(22)19-11-7-6-10-18(19)21(30)31-2/h3-11,16H,12-15H2,1-2H3,(H,24,29). The molecule has 3 aromatic rings. The number of benzene rings is 2. The highest BCUT2D eigenvalue weighted by Crippen LogP contribution is 2.39. The molecule has 0 radical (unpaired) electrons. The summed E-state index contributed by atoms with van der Waals surface area (Å²) >= 11 is 0. The summed E-state index contributed by atoms with van der Waals surface area (Å²) in [5.74, 6) is 0.413. The van der Waals surface area contributed by atoms with E-state index in [9.17, 15) is 9.59 Å². The summed E-state index contributed by atoms with van der Waals surface area (Å²) in [7, 11) is 1.34. The number of carbonyl (C=O) groups is 2. The largest absolute Gasteiger partial charge is 0.465 e. The lowest BCUT2D eigenvalue weighted by Crippen LogP contribution is -2.49. The van der Waals surface area contributed by atoms with E-state index in [1.165, 1.54) is 7.11 Å². The summed E-state index contributed by atoms with van der Waals surface area (Å²) in [5, 5.41) is 15.6. The first kappa shape index (κ1) is 20.7.